The molecule has 1 unspecified atom stereocenters. The Labute approximate surface area is 329 Å². The van der Waals surface area contributed by atoms with Gasteiger partial charge in [0, 0.05) is 30.7 Å². The number of carbonyl (C=O) groups excluding carboxylic acids is 2. The number of nitrogens with zero attached hydrogens (tertiary/aromatic N) is 1. The molecule has 0 fully saturated rings. The van der Waals surface area contributed by atoms with Crippen LogP contribution in [0.1, 0.15) is 56.3 Å². The number of pyridine rings is 1. The number of carbonyl (C=O) groups is 3. The first-order valence-electron chi connectivity index (χ1n) is 19.3. The van der Waals surface area contributed by atoms with E-state index in [1.54, 1.807) is 0 Å². The third-order valence-electron chi connectivity index (χ3n) is 8.64. The van der Waals surface area contributed by atoms with E-state index in [4.69, 9.17) is 23.7 Å². The number of fused-ring (bicyclic) bond motifs is 1. The predicted molar refractivity (Wildman–Crippen MR) is 216 cm³/mol. The number of aromatic nitrogens is 1. The summed E-state index contributed by atoms with van der Waals surface area (Å²) < 4.78 is 28.2. The van der Waals surface area contributed by atoms with Gasteiger partial charge in [-0.05, 0) is 66.5 Å². The molecular formula is C43H56N4O9. The van der Waals surface area contributed by atoms with E-state index in [1.165, 1.54) is 0 Å². The third kappa shape index (κ3) is 16.0. The number of ether oxygens (including phenoxy) is 5. The number of nitrogens with one attached hydrogen (secondary N) is 3. The number of aryl methyl sites for hydroxylation is 1. The van der Waals surface area contributed by atoms with Gasteiger partial charge in [-0.25, -0.2) is 4.98 Å². The fourth-order valence-corrected chi connectivity index (χ4v) is 5.87. The van der Waals surface area contributed by atoms with Crippen molar-refractivity contribution < 1.29 is 43.2 Å². The summed E-state index contributed by atoms with van der Waals surface area (Å²) in [6, 6.07) is 24.3. The van der Waals surface area contributed by atoms with Crippen LogP contribution >= 0.6 is 0 Å². The van der Waals surface area contributed by atoms with Gasteiger partial charge in [-0.1, -0.05) is 67.6 Å². The highest BCUT2D eigenvalue weighted by atomic mass is 16.6. The molecule has 3 aromatic carbocycles. The SMILES string of the molecule is CCCOCCOCCOCCOCCOc1ccc(-c2ccc(C(CC(=O)O)NC(=O)CNC(=O)CCCCNc3cccc(C)n3)cc2)c2ccccc12. The van der Waals surface area contributed by atoms with Gasteiger partial charge >= 0.3 is 5.97 Å². The molecule has 2 amide bonds. The summed E-state index contributed by atoms with van der Waals surface area (Å²) in [5.41, 5.74) is 3.47. The van der Waals surface area contributed by atoms with Crippen molar-refractivity contribution in [1.82, 2.24) is 15.6 Å². The highest BCUT2D eigenvalue weighted by molar-refractivity contribution is 6.00. The van der Waals surface area contributed by atoms with Gasteiger partial charge < -0.3 is 44.7 Å². The van der Waals surface area contributed by atoms with E-state index < -0.39 is 17.9 Å². The van der Waals surface area contributed by atoms with Crippen LogP contribution in [0, 0.1) is 6.92 Å². The molecule has 0 aliphatic rings. The zero-order valence-corrected chi connectivity index (χ0v) is 32.6. The smallest absolute Gasteiger partial charge is 0.305 e. The van der Waals surface area contributed by atoms with E-state index in [2.05, 4.69) is 27.9 Å². The summed E-state index contributed by atoms with van der Waals surface area (Å²) in [5, 5.41) is 20.2. The van der Waals surface area contributed by atoms with Gasteiger partial charge in [0.25, 0.3) is 0 Å². The number of amides is 2. The maximum atomic E-state index is 12.8. The van der Waals surface area contributed by atoms with Crippen molar-refractivity contribution in [1.29, 1.82) is 0 Å². The lowest BCUT2D eigenvalue weighted by atomic mass is 9.95. The molecule has 56 heavy (non-hydrogen) atoms. The van der Waals surface area contributed by atoms with E-state index in [9.17, 15) is 19.5 Å². The van der Waals surface area contributed by atoms with Crippen LogP contribution < -0.4 is 20.7 Å². The van der Waals surface area contributed by atoms with Crippen molar-refractivity contribution in [2.75, 3.05) is 77.9 Å². The van der Waals surface area contributed by atoms with Gasteiger partial charge in [0.05, 0.1) is 65.3 Å². The Kier molecular flexibility index (Phi) is 19.6. The molecule has 13 nitrogen and oxygen atoms in total. The van der Waals surface area contributed by atoms with Crippen molar-refractivity contribution in [3.63, 3.8) is 0 Å². The molecule has 0 radical (unpaired) electrons. The lowest BCUT2D eigenvalue weighted by molar-refractivity contribution is -0.138. The van der Waals surface area contributed by atoms with Gasteiger partial charge in [0.2, 0.25) is 11.8 Å². The number of carboxylic acid groups (broad SMARTS) is 1. The van der Waals surface area contributed by atoms with E-state index in [-0.39, 0.29) is 25.3 Å². The van der Waals surface area contributed by atoms with Gasteiger partial charge in [-0.2, -0.15) is 0 Å². The van der Waals surface area contributed by atoms with Gasteiger partial charge in [-0.15, -0.1) is 0 Å². The molecule has 0 bridgehead atoms. The molecule has 0 aliphatic carbocycles. The molecule has 302 valence electrons. The quantitative estimate of drug-likeness (QED) is 0.0493. The number of benzene rings is 3. The second kappa shape index (κ2) is 25.2. The van der Waals surface area contributed by atoms with Gasteiger partial charge in [0.15, 0.2) is 0 Å². The topological polar surface area (TPSA) is 167 Å². The molecule has 0 saturated heterocycles. The lowest BCUT2D eigenvalue weighted by Crippen LogP contribution is -2.39. The lowest BCUT2D eigenvalue weighted by Gasteiger charge is -2.19. The monoisotopic (exact) mass is 772 g/mol. The van der Waals surface area contributed by atoms with E-state index >= 15 is 0 Å². The van der Waals surface area contributed by atoms with Crippen LogP contribution in [0.25, 0.3) is 21.9 Å². The van der Waals surface area contributed by atoms with E-state index in [0.29, 0.717) is 71.4 Å². The normalized spacial score (nSPS) is 11.6. The number of unbranched alkanes of at least 4 members (excludes halogenated alkanes) is 1. The Balaban J connectivity index is 1.21. The third-order valence-corrected chi connectivity index (χ3v) is 8.64. The second-order valence-corrected chi connectivity index (χ2v) is 13.1. The Bertz CT molecular complexity index is 1790. The molecule has 0 aliphatic heterocycles. The van der Waals surface area contributed by atoms with Crippen molar-refractivity contribution in [3.05, 3.63) is 90.1 Å². The zero-order valence-electron chi connectivity index (χ0n) is 32.6. The average Bonchev–Trinajstić information content (AvgIpc) is 3.19. The molecule has 0 saturated carbocycles. The summed E-state index contributed by atoms with van der Waals surface area (Å²) in [7, 11) is 0. The van der Waals surface area contributed by atoms with Crippen molar-refractivity contribution in [2.45, 2.75) is 52.0 Å². The summed E-state index contributed by atoms with van der Waals surface area (Å²) in [5.74, 6) is -0.226. The molecule has 0 spiro atoms. The van der Waals surface area contributed by atoms with Crippen LogP contribution in [0.5, 0.6) is 5.75 Å². The minimum Gasteiger partial charge on any atom is -0.491 e. The molecule has 4 N–H and O–H groups in total. The van der Waals surface area contributed by atoms with Crippen LogP contribution in [0.15, 0.2) is 78.9 Å². The van der Waals surface area contributed by atoms with Crippen LogP contribution in [0.4, 0.5) is 5.82 Å². The fourth-order valence-electron chi connectivity index (χ4n) is 5.87. The van der Waals surface area contributed by atoms with Gasteiger partial charge in [0.1, 0.15) is 18.2 Å². The molecule has 4 rings (SSSR count). The largest absolute Gasteiger partial charge is 0.491 e. The summed E-state index contributed by atoms with van der Waals surface area (Å²) >= 11 is 0. The highest BCUT2D eigenvalue weighted by Gasteiger charge is 2.19. The molecular weight excluding hydrogens is 716 g/mol. The molecule has 1 heterocycles. The summed E-state index contributed by atoms with van der Waals surface area (Å²) in [6.45, 7) is 9.09. The Hall–Kier alpha value is -5.08. The van der Waals surface area contributed by atoms with E-state index in [0.717, 1.165) is 58.6 Å². The predicted octanol–water partition coefficient (Wildman–Crippen LogP) is 6.10. The second-order valence-electron chi connectivity index (χ2n) is 13.1. The standard InChI is InChI=1S/C43H56N4O9/c1-3-21-52-22-23-53-24-25-54-26-27-55-28-29-56-39-19-18-35(36-10-4-5-11-37(36)39)33-14-16-34(17-15-33)38(30-43(50)51)47-42(49)31-45-41(48)13-6-7-20-44-40-12-8-9-32(2)46-40/h4-5,8-12,14-19,38H,3,6-7,13,20-31H2,1-2H3,(H,44,46)(H,45,48)(H,47,49)(H,50,51). The number of rotatable bonds is 28. The Morgan fingerprint density at radius 1 is 0.714 bits per heavy atom. The number of hydrogen-bond donors (Lipinski definition) is 4. The van der Waals surface area contributed by atoms with Crippen LogP contribution in [-0.4, -0.2) is 100 Å². The molecule has 13 heteroatoms. The Morgan fingerprint density at radius 3 is 2.04 bits per heavy atom. The summed E-state index contributed by atoms with van der Waals surface area (Å²) in [6.07, 6.45) is 2.37. The number of hydrogen-bond acceptors (Lipinski definition) is 10. The minimum atomic E-state index is -1.05. The summed E-state index contributed by atoms with van der Waals surface area (Å²) in [4.78, 5) is 41.3. The molecule has 4 aromatic rings. The molecule has 1 aromatic heterocycles. The fraction of sp³-hybridized carbons (Fsp3) is 0.442. The Morgan fingerprint density at radius 2 is 1.38 bits per heavy atom. The first kappa shape index (κ1) is 43.6. The maximum absolute atomic E-state index is 12.8. The molecule has 1 atom stereocenters. The number of aliphatic carboxylic acids is 1. The van der Waals surface area contributed by atoms with E-state index in [1.807, 2.05) is 85.8 Å². The average molecular weight is 773 g/mol. The van der Waals surface area contributed by atoms with Crippen LogP contribution in [0.2, 0.25) is 0 Å². The van der Waals surface area contributed by atoms with Crippen LogP contribution in [0.3, 0.4) is 0 Å². The van der Waals surface area contributed by atoms with Gasteiger partial charge in [-0.3, -0.25) is 14.4 Å². The van der Waals surface area contributed by atoms with Crippen molar-refractivity contribution in [3.8, 4) is 16.9 Å². The first-order chi connectivity index (χ1) is 27.3. The maximum Gasteiger partial charge on any atom is 0.305 e. The van der Waals surface area contributed by atoms with Crippen molar-refractivity contribution >= 4 is 34.4 Å². The van der Waals surface area contributed by atoms with Crippen LogP contribution in [-0.2, 0) is 33.3 Å². The zero-order chi connectivity index (χ0) is 39.8. The highest BCUT2D eigenvalue weighted by Crippen LogP contribution is 2.35. The minimum absolute atomic E-state index is 0.243. The first-order valence-corrected chi connectivity index (χ1v) is 19.3. The van der Waals surface area contributed by atoms with Crippen molar-refractivity contribution in [2.24, 2.45) is 0 Å². The number of carboxylic acids is 1. The number of anilines is 1.